The average Bonchev–Trinajstić information content (AvgIpc) is 2.59. The molecule has 1 aromatic rings. The first-order valence-electron chi connectivity index (χ1n) is 3.05. The average molecular weight is 167 g/mol. The predicted octanol–water partition coefficient (Wildman–Crippen LogP) is 2.95. The maximum absolute atomic E-state index is 3.25. The maximum atomic E-state index is 3.25. The lowest BCUT2D eigenvalue weighted by atomic mass is 10.6. The fourth-order valence-electron chi connectivity index (χ4n) is 0.861. The van der Waals surface area contributed by atoms with Gasteiger partial charge in [0.1, 0.15) is 0 Å². The smallest absolute Gasteiger partial charge is 0.0578 e. The Bertz CT molecular complexity index is 245. The molecule has 0 spiro atoms. The summed E-state index contributed by atoms with van der Waals surface area (Å²) in [6.07, 6.45) is 4.22. The van der Waals surface area contributed by atoms with E-state index in [9.17, 15) is 0 Å². The van der Waals surface area contributed by atoms with Crippen LogP contribution in [0.1, 0.15) is 0 Å². The third-order valence-electron chi connectivity index (χ3n) is 1.34. The summed E-state index contributed by atoms with van der Waals surface area (Å²) in [5.74, 6) is 0. The topological polar surface area (TPSA) is 0 Å². The summed E-state index contributed by atoms with van der Waals surface area (Å²) >= 11 is 1.65. The van der Waals surface area contributed by atoms with Crippen molar-refractivity contribution in [3.8, 4) is 0 Å². The molecule has 0 bridgehead atoms. The second-order valence-electron chi connectivity index (χ2n) is 2.00. The highest BCUT2D eigenvalue weighted by Crippen LogP contribution is 2.42. The van der Waals surface area contributed by atoms with E-state index in [0.29, 0.717) is 0 Å². The van der Waals surface area contributed by atoms with Crippen LogP contribution in [0.4, 0.5) is 0 Å². The normalized spacial score (nSPS) is 18.6. The molecule has 0 saturated carbocycles. The Morgan fingerprint density at radius 1 is 1.30 bits per heavy atom. The van der Waals surface area contributed by atoms with E-state index in [1.165, 1.54) is 4.90 Å². The molecule has 10 heavy (non-hydrogen) atoms. The zero-order valence-corrected chi connectivity index (χ0v) is 7.03. The van der Waals surface area contributed by atoms with Gasteiger partial charge >= 0.3 is 0 Å². The van der Waals surface area contributed by atoms with Gasteiger partial charge in [0.05, 0.1) is 5.38 Å². The summed E-state index contributed by atoms with van der Waals surface area (Å²) < 4.78 is 0. The number of hydrogen-bond acceptors (Lipinski definition) is 1. The van der Waals surface area contributed by atoms with E-state index in [-0.39, 0.29) is 10.9 Å². The van der Waals surface area contributed by atoms with Crippen LogP contribution in [0.15, 0.2) is 39.3 Å². The summed E-state index contributed by atoms with van der Waals surface area (Å²) in [5, 5.41) is 9.82. The van der Waals surface area contributed by atoms with Crippen molar-refractivity contribution in [3.05, 3.63) is 39.8 Å². The molecule has 51 valence electrons. The Morgan fingerprint density at radius 2 is 2.10 bits per heavy atom. The van der Waals surface area contributed by atoms with Crippen molar-refractivity contribution in [2.45, 2.75) is 4.90 Å². The van der Waals surface area contributed by atoms with Gasteiger partial charge in [-0.2, -0.15) is 10.9 Å². The summed E-state index contributed by atoms with van der Waals surface area (Å²) in [7, 11) is -0.109. The Morgan fingerprint density at radius 3 is 2.70 bits per heavy atom. The van der Waals surface area contributed by atoms with Gasteiger partial charge in [-0.05, 0) is 22.3 Å². The molecule has 1 aliphatic heterocycles. The van der Waals surface area contributed by atoms with Crippen LogP contribution in [0.25, 0.3) is 0 Å². The molecule has 0 aliphatic carbocycles. The molecule has 1 aromatic heterocycles. The Balaban J connectivity index is 2.29. The van der Waals surface area contributed by atoms with Crippen molar-refractivity contribution in [2.75, 3.05) is 0 Å². The van der Waals surface area contributed by atoms with E-state index < -0.39 is 0 Å². The highest BCUT2D eigenvalue weighted by atomic mass is 32.2. The zero-order chi connectivity index (χ0) is 6.81. The summed E-state index contributed by atoms with van der Waals surface area (Å²) in [5.41, 5.74) is 0. The van der Waals surface area contributed by atoms with Gasteiger partial charge < -0.3 is 0 Å². The molecule has 0 N–H and O–H groups in total. The molecule has 2 rings (SSSR count). The Hall–Kier alpha value is -0.470. The van der Waals surface area contributed by atoms with Crippen LogP contribution in [0.2, 0.25) is 0 Å². The van der Waals surface area contributed by atoms with Gasteiger partial charge in [-0.15, -0.1) is 11.3 Å². The number of thiophene rings is 1. The minimum Gasteiger partial charge on any atom is -0.185 e. The van der Waals surface area contributed by atoms with E-state index >= 15 is 0 Å². The standard InChI is InChI=1S/C8H7S2/c1-2-6-10(5-1)8-3-4-9-7-8/h1-6,10H. The van der Waals surface area contributed by atoms with Gasteiger partial charge in [-0.1, -0.05) is 12.2 Å². The monoisotopic (exact) mass is 167 g/mol. The van der Waals surface area contributed by atoms with Gasteiger partial charge in [0.15, 0.2) is 0 Å². The lowest BCUT2D eigenvalue weighted by Crippen LogP contribution is -1.64. The van der Waals surface area contributed by atoms with E-state index in [2.05, 4.69) is 39.8 Å². The number of hydrogen-bond donors (Lipinski definition) is 1. The van der Waals surface area contributed by atoms with Crippen molar-refractivity contribution >= 4 is 22.2 Å². The van der Waals surface area contributed by atoms with Crippen LogP contribution in [-0.2, 0) is 0 Å². The molecule has 0 saturated heterocycles. The summed E-state index contributed by atoms with van der Waals surface area (Å²) in [6, 6.07) is 2.15. The van der Waals surface area contributed by atoms with Crippen molar-refractivity contribution in [1.29, 1.82) is 0 Å². The summed E-state index contributed by atoms with van der Waals surface area (Å²) in [4.78, 5) is 1.35. The third kappa shape index (κ3) is 1.04. The highest BCUT2D eigenvalue weighted by Gasteiger charge is 2.01. The highest BCUT2D eigenvalue weighted by molar-refractivity contribution is 8.22. The molecular formula is C8H7S2. The SMILES string of the molecule is [c]1sccc1[SH]1C=CC=C1. The lowest BCUT2D eigenvalue weighted by Gasteiger charge is -2.04. The lowest BCUT2D eigenvalue weighted by molar-refractivity contribution is 1.58. The van der Waals surface area contributed by atoms with Crippen LogP contribution < -0.4 is 0 Å². The first-order chi connectivity index (χ1) is 4.97. The third-order valence-corrected chi connectivity index (χ3v) is 3.91. The molecule has 0 unspecified atom stereocenters. The van der Waals surface area contributed by atoms with E-state index in [0.717, 1.165) is 0 Å². The minimum absolute atomic E-state index is 0.109. The summed E-state index contributed by atoms with van der Waals surface area (Å²) in [6.45, 7) is 0. The molecule has 2 heteroatoms. The van der Waals surface area contributed by atoms with Gasteiger partial charge in [-0.3, -0.25) is 0 Å². The molecule has 1 radical (unpaired) electrons. The van der Waals surface area contributed by atoms with E-state index in [4.69, 9.17) is 0 Å². The quantitative estimate of drug-likeness (QED) is 0.611. The second-order valence-corrected chi connectivity index (χ2v) is 4.60. The fourth-order valence-corrected chi connectivity index (χ4v) is 3.24. The molecule has 1 aliphatic rings. The van der Waals surface area contributed by atoms with E-state index in [1.807, 2.05) is 0 Å². The second kappa shape index (κ2) is 2.64. The predicted molar refractivity (Wildman–Crippen MR) is 48.7 cm³/mol. The number of thiol groups is 1. The molecule has 0 aromatic carbocycles. The van der Waals surface area contributed by atoms with Gasteiger partial charge in [0.25, 0.3) is 0 Å². The molecular weight excluding hydrogens is 160 g/mol. The number of allylic oxidation sites excluding steroid dienone is 2. The van der Waals surface area contributed by atoms with Crippen molar-refractivity contribution in [3.63, 3.8) is 0 Å². The molecule has 2 heterocycles. The van der Waals surface area contributed by atoms with Gasteiger partial charge in [0.2, 0.25) is 0 Å². The van der Waals surface area contributed by atoms with Crippen LogP contribution >= 0.6 is 22.2 Å². The van der Waals surface area contributed by atoms with E-state index in [1.54, 1.807) is 11.3 Å². The maximum Gasteiger partial charge on any atom is 0.0578 e. The Kier molecular flexibility index (Phi) is 1.65. The zero-order valence-electron chi connectivity index (χ0n) is 5.32. The van der Waals surface area contributed by atoms with Crippen molar-refractivity contribution in [1.82, 2.24) is 0 Å². The van der Waals surface area contributed by atoms with Crippen LogP contribution in [0.3, 0.4) is 0 Å². The first-order valence-corrected chi connectivity index (χ1v) is 5.41. The molecule has 0 fully saturated rings. The van der Waals surface area contributed by atoms with Crippen LogP contribution in [0, 0.1) is 5.38 Å². The fraction of sp³-hybridized carbons (Fsp3) is 0. The van der Waals surface area contributed by atoms with Crippen LogP contribution in [0.5, 0.6) is 0 Å². The minimum atomic E-state index is -0.109. The van der Waals surface area contributed by atoms with Crippen molar-refractivity contribution < 1.29 is 0 Å². The molecule has 0 nitrogen and oxygen atoms in total. The first kappa shape index (κ1) is 6.25. The molecule has 0 atom stereocenters. The molecule has 0 amide bonds. The largest absolute Gasteiger partial charge is 0.185 e. The number of rotatable bonds is 1. The van der Waals surface area contributed by atoms with Crippen LogP contribution in [-0.4, -0.2) is 0 Å². The Labute approximate surface area is 67.2 Å². The van der Waals surface area contributed by atoms with Gasteiger partial charge in [0, 0.05) is 4.90 Å². The van der Waals surface area contributed by atoms with Crippen molar-refractivity contribution in [2.24, 2.45) is 0 Å². The van der Waals surface area contributed by atoms with Gasteiger partial charge in [-0.25, -0.2) is 0 Å².